The molecule has 0 radical (unpaired) electrons. The van der Waals surface area contributed by atoms with Crippen LogP contribution in [0.3, 0.4) is 0 Å². The van der Waals surface area contributed by atoms with Crippen LogP contribution in [-0.4, -0.2) is 71.2 Å². The van der Waals surface area contributed by atoms with Crippen molar-refractivity contribution in [3.8, 4) is 11.5 Å². The monoisotopic (exact) mass is 629 g/mol. The van der Waals surface area contributed by atoms with Crippen LogP contribution >= 0.6 is 0 Å². The van der Waals surface area contributed by atoms with Crippen molar-refractivity contribution in [1.29, 1.82) is 0 Å². The molecule has 1 atom stereocenters. The molecular formula is C34H51NO8Si. The van der Waals surface area contributed by atoms with E-state index in [1.54, 1.807) is 4.90 Å². The highest BCUT2D eigenvalue weighted by Gasteiger charge is 2.33. The fraction of sp³-hybridized carbons (Fsp3) is 0.618. The van der Waals surface area contributed by atoms with Gasteiger partial charge < -0.3 is 38.1 Å². The first-order chi connectivity index (χ1) is 21.1. The van der Waals surface area contributed by atoms with Crippen LogP contribution in [0.5, 0.6) is 11.5 Å². The van der Waals surface area contributed by atoms with E-state index < -0.39 is 13.9 Å². The topological polar surface area (TPSA) is 84.9 Å². The van der Waals surface area contributed by atoms with Crippen molar-refractivity contribution < 1.29 is 38.0 Å². The number of fused-ring (bicyclic) bond motifs is 1. The Bertz CT molecular complexity index is 1180. The molecule has 2 aliphatic heterocycles. The molecule has 4 rings (SSSR count). The van der Waals surface area contributed by atoms with Crippen LogP contribution in [0.4, 0.5) is 4.79 Å². The third kappa shape index (κ3) is 11.7. The molecule has 244 valence electrons. The molecule has 2 aromatic carbocycles. The Hall–Kier alpha value is -2.63. The molecular weight excluding hydrogens is 578 g/mol. The molecule has 1 amide bonds. The molecule has 2 aliphatic rings. The molecule has 0 bridgehead atoms. The summed E-state index contributed by atoms with van der Waals surface area (Å²) in [5.41, 5.74) is 3.02. The summed E-state index contributed by atoms with van der Waals surface area (Å²) < 4.78 is 40.1. The normalized spacial score (nSPS) is 17.7. The minimum Gasteiger partial charge on any atom is -0.468 e. The van der Waals surface area contributed by atoms with Crippen LogP contribution in [0.25, 0.3) is 0 Å². The first-order valence-corrected chi connectivity index (χ1v) is 19.7. The summed E-state index contributed by atoms with van der Waals surface area (Å²) >= 11 is 0. The third-order valence-electron chi connectivity index (χ3n) is 7.59. The average Bonchev–Trinajstić information content (AvgIpc) is 3.34. The van der Waals surface area contributed by atoms with Gasteiger partial charge in [-0.3, -0.25) is 0 Å². The molecule has 2 aromatic rings. The molecule has 0 unspecified atom stereocenters. The fourth-order valence-corrected chi connectivity index (χ4v) is 5.72. The number of cyclic esters (lactones) is 1. The number of hydrogen-bond acceptors (Lipinski definition) is 8. The van der Waals surface area contributed by atoms with Crippen molar-refractivity contribution in [2.75, 3.05) is 46.3 Å². The molecule has 9 nitrogen and oxygen atoms in total. The van der Waals surface area contributed by atoms with Gasteiger partial charge in [0.1, 0.15) is 17.6 Å². The highest BCUT2D eigenvalue weighted by atomic mass is 28.3. The Morgan fingerprint density at radius 2 is 1.75 bits per heavy atom. The largest absolute Gasteiger partial charge is 0.468 e. The minimum atomic E-state index is -1.08. The van der Waals surface area contributed by atoms with Gasteiger partial charge in [0.05, 0.1) is 33.0 Å². The van der Waals surface area contributed by atoms with Gasteiger partial charge in [0, 0.05) is 47.2 Å². The number of benzene rings is 2. The molecule has 1 saturated heterocycles. The van der Waals surface area contributed by atoms with E-state index in [4.69, 9.17) is 33.2 Å². The highest BCUT2D eigenvalue weighted by molar-refractivity contribution is 6.76. The molecule has 0 saturated carbocycles. The van der Waals surface area contributed by atoms with Crippen LogP contribution < -0.4 is 9.47 Å². The van der Waals surface area contributed by atoms with Crippen molar-refractivity contribution in [1.82, 2.24) is 4.90 Å². The quantitative estimate of drug-likeness (QED) is 0.0909. The summed E-state index contributed by atoms with van der Waals surface area (Å²) in [5, 5.41) is 0. The second-order valence-corrected chi connectivity index (χ2v) is 18.8. The van der Waals surface area contributed by atoms with Gasteiger partial charge in [-0.15, -0.1) is 0 Å². The standard InChI is InChI=1S/C34H51NO8Si/c1-34(2)41-25-29-22-28(13-14-31(29)43-34)32-23-35(33(36)42-32)15-8-6-7-9-16-37-17-18-38-24-27-11-10-12-30(21-27)40-26-39-19-20-44(3,4)5/h10-14,21-22,32H,6-9,15-20,23-26H2,1-5H3/t32-/m0/s1. The molecule has 0 aromatic heterocycles. The summed E-state index contributed by atoms with van der Waals surface area (Å²) in [5.74, 6) is 0.990. The fourth-order valence-electron chi connectivity index (χ4n) is 4.96. The Balaban J connectivity index is 0.995. The number of carbonyl (C=O) groups is 1. The summed E-state index contributed by atoms with van der Waals surface area (Å²) in [6.45, 7) is 15.9. The smallest absolute Gasteiger partial charge is 0.410 e. The van der Waals surface area contributed by atoms with Gasteiger partial charge in [0.2, 0.25) is 5.79 Å². The summed E-state index contributed by atoms with van der Waals surface area (Å²) in [6, 6.07) is 15.0. The van der Waals surface area contributed by atoms with Gasteiger partial charge >= 0.3 is 6.09 Å². The predicted octanol–water partition coefficient (Wildman–Crippen LogP) is 7.31. The highest BCUT2D eigenvalue weighted by Crippen LogP contribution is 2.35. The zero-order valence-corrected chi connectivity index (χ0v) is 28.2. The van der Waals surface area contributed by atoms with Gasteiger partial charge in [0.25, 0.3) is 0 Å². The van der Waals surface area contributed by atoms with Crippen LogP contribution in [-0.2, 0) is 36.9 Å². The lowest BCUT2D eigenvalue weighted by Gasteiger charge is -2.32. The predicted molar refractivity (Wildman–Crippen MR) is 172 cm³/mol. The lowest BCUT2D eigenvalue weighted by Crippen LogP contribution is -2.35. The molecule has 0 spiro atoms. The van der Waals surface area contributed by atoms with E-state index in [0.29, 0.717) is 46.1 Å². The average molecular weight is 630 g/mol. The zero-order chi connectivity index (χ0) is 31.4. The van der Waals surface area contributed by atoms with Crippen molar-refractivity contribution >= 4 is 14.2 Å². The molecule has 2 heterocycles. The second-order valence-electron chi connectivity index (χ2n) is 13.2. The van der Waals surface area contributed by atoms with Crippen LogP contribution in [0.2, 0.25) is 25.7 Å². The Labute approximate surface area is 264 Å². The number of ether oxygens (including phenoxy) is 7. The van der Waals surface area contributed by atoms with Gasteiger partial charge in [0.15, 0.2) is 6.79 Å². The maximum absolute atomic E-state index is 12.4. The molecule has 10 heteroatoms. The Morgan fingerprint density at radius 1 is 0.932 bits per heavy atom. The van der Waals surface area contributed by atoms with Crippen molar-refractivity contribution in [2.45, 2.75) is 90.3 Å². The number of hydrogen-bond donors (Lipinski definition) is 0. The van der Waals surface area contributed by atoms with E-state index >= 15 is 0 Å². The third-order valence-corrected chi connectivity index (χ3v) is 9.29. The molecule has 0 aliphatic carbocycles. The van der Waals surface area contributed by atoms with E-state index in [2.05, 4.69) is 19.6 Å². The Morgan fingerprint density at radius 3 is 2.59 bits per heavy atom. The van der Waals surface area contributed by atoms with Crippen LogP contribution in [0.1, 0.15) is 62.3 Å². The van der Waals surface area contributed by atoms with E-state index in [1.165, 1.54) is 0 Å². The zero-order valence-electron chi connectivity index (χ0n) is 27.2. The number of nitrogens with zero attached hydrogens (tertiary/aromatic N) is 1. The van der Waals surface area contributed by atoms with Crippen molar-refractivity contribution in [3.63, 3.8) is 0 Å². The second kappa shape index (κ2) is 16.6. The molecule has 0 N–H and O–H groups in total. The number of carbonyl (C=O) groups excluding carboxylic acids is 1. The first-order valence-electron chi connectivity index (χ1n) is 15.9. The lowest BCUT2D eigenvalue weighted by atomic mass is 10.0. The van der Waals surface area contributed by atoms with Gasteiger partial charge in [-0.2, -0.15) is 0 Å². The van der Waals surface area contributed by atoms with E-state index in [-0.39, 0.29) is 19.0 Å². The summed E-state index contributed by atoms with van der Waals surface area (Å²) in [7, 11) is -1.08. The summed E-state index contributed by atoms with van der Waals surface area (Å²) in [4.78, 5) is 14.2. The summed E-state index contributed by atoms with van der Waals surface area (Å²) in [6.07, 6.45) is 3.52. The van der Waals surface area contributed by atoms with Crippen molar-refractivity contribution in [2.24, 2.45) is 0 Å². The van der Waals surface area contributed by atoms with E-state index in [1.807, 2.05) is 56.3 Å². The van der Waals surface area contributed by atoms with Gasteiger partial charge in [-0.1, -0.05) is 50.7 Å². The SMILES string of the molecule is CC1(C)OCc2cc([C@@H]3CN(CCCCCCOCCOCc4cccc(OCOCC[Si](C)(C)C)c4)C(=O)O3)ccc2O1. The molecule has 1 fully saturated rings. The van der Waals surface area contributed by atoms with Gasteiger partial charge in [-0.05, 0) is 54.3 Å². The molecule has 44 heavy (non-hydrogen) atoms. The van der Waals surface area contributed by atoms with E-state index in [9.17, 15) is 4.79 Å². The van der Waals surface area contributed by atoms with Crippen LogP contribution in [0, 0.1) is 0 Å². The van der Waals surface area contributed by atoms with E-state index in [0.717, 1.165) is 66.5 Å². The maximum atomic E-state index is 12.4. The minimum absolute atomic E-state index is 0.245. The number of rotatable bonds is 19. The Kier molecular flexibility index (Phi) is 12.9. The van der Waals surface area contributed by atoms with Crippen molar-refractivity contribution in [3.05, 3.63) is 59.2 Å². The number of amides is 1. The number of unbranched alkanes of at least 4 members (excludes halogenated alkanes) is 3. The first kappa shape index (κ1) is 34.2. The maximum Gasteiger partial charge on any atom is 0.410 e. The van der Waals surface area contributed by atoms with Gasteiger partial charge in [-0.25, -0.2) is 4.79 Å². The lowest BCUT2D eigenvalue weighted by molar-refractivity contribution is -0.180. The van der Waals surface area contributed by atoms with Crippen LogP contribution in [0.15, 0.2) is 42.5 Å².